The van der Waals surface area contributed by atoms with Crippen LogP contribution in [0.15, 0.2) is 42.7 Å². The van der Waals surface area contributed by atoms with Crippen LogP contribution in [0, 0.1) is 5.41 Å². The van der Waals surface area contributed by atoms with Crippen LogP contribution in [0.25, 0.3) is 21.9 Å². The molecule has 4 N–H and O–H groups in total. The van der Waals surface area contributed by atoms with Crippen LogP contribution < -0.4 is 11.1 Å². The van der Waals surface area contributed by atoms with Gasteiger partial charge in [-0.1, -0.05) is 6.07 Å². The van der Waals surface area contributed by atoms with Gasteiger partial charge in [0.25, 0.3) is 0 Å². The van der Waals surface area contributed by atoms with Crippen LogP contribution in [-0.2, 0) is 0 Å². The van der Waals surface area contributed by atoms with Crippen LogP contribution in [0.1, 0.15) is 0 Å². The summed E-state index contributed by atoms with van der Waals surface area (Å²) >= 11 is 0. The third-order valence-electron chi connectivity index (χ3n) is 2.77. The quantitative estimate of drug-likeness (QED) is 0.522. The van der Waals surface area contributed by atoms with E-state index in [-0.39, 0.29) is 0 Å². The van der Waals surface area contributed by atoms with Crippen LogP contribution in [0.3, 0.4) is 0 Å². The highest BCUT2D eigenvalue weighted by molar-refractivity contribution is 5.98. The summed E-state index contributed by atoms with van der Waals surface area (Å²) in [6.07, 6.45) is 3.89. The Labute approximate surface area is 92.4 Å². The van der Waals surface area contributed by atoms with E-state index in [0.29, 0.717) is 5.36 Å². The average Bonchev–Trinajstić information content (AvgIpc) is 2.80. The molecule has 0 amide bonds. The van der Waals surface area contributed by atoms with Gasteiger partial charge in [-0.15, -0.1) is 0 Å². The monoisotopic (exact) mass is 209 g/mol. The summed E-state index contributed by atoms with van der Waals surface area (Å²) in [5, 5.41) is 10.5. The van der Waals surface area contributed by atoms with Crippen molar-refractivity contribution in [2.75, 3.05) is 5.73 Å². The molecule has 0 atom stereocenters. The Balaban J connectivity index is 2.59. The summed E-state index contributed by atoms with van der Waals surface area (Å²) < 4.78 is 0. The van der Waals surface area contributed by atoms with Crippen molar-refractivity contribution in [2.24, 2.45) is 0 Å². The molecule has 0 saturated heterocycles. The molecule has 78 valence electrons. The number of H-pyrrole nitrogens is 1. The lowest BCUT2D eigenvalue weighted by Crippen LogP contribution is -1.93. The molecule has 0 radical (unpaired) electrons. The molecule has 0 aliphatic heterocycles. The van der Waals surface area contributed by atoms with Gasteiger partial charge in [-0.05, 0) is 40.8 Å². The van der Waals surface area contributed by atoms with E-state index in [1.165, 1.54) is 0 Å². The minimum absolute atomic E-state index is 0.485. The molecule has 0 aromatic carbocycles. The summed E-state index contributed by atoms with van der Waals surface area (Å²) in [4.78, 5) is 3.08. The Morgan fingerprint density at radius 2 is 1.94 bits per heavy atom. The van der Waals surface area contributed by atoms with Crippen molar-refractivity contribution in [3.8, 4) is 11.1 Å². The molecular formula is C13H11N3. The molecule has 0 saturated carbocycles. The number of hydrogen-bond donors (Lipinski definition) is 3. The Kier molecular flexibility index (Phi) is 1.74. The lowest BCUT2D eigenvalue weighted by atomic mass is 10.1. The number of rotatable bonds is 0. The first-order chi connectivity index (χ1) is 7.74. The maximum Gasteiger partial charge on any atom is 0.0546 e. The molecule has 0 fully saturated rings. The number of hydrogen-bond acceptors (Lipinski definition) is 2. The highest BCUT2D eigenvalue weighted by atomic mass is 14.6. The second-order valence-corrected chi connectivity index (χ2v) is 3.92. The molecule has 1 heterocycles. The second-order valence-electron chi connectivity index (χ2n) is 3.92. The number of aromatic amines is 1. The van der Waals surface area contributed by atoms with Crippen LogP contribution in [0.2, 0.25) is 0 Å². The predicted octanol–water partition coefficient (Wildman–Crippen LogP) is 2.33. The topological polar surface area (TPSA) is 65.7 Å². The minimum Gasteiger partial charge on any atom is -0.399 e. The van der Waals surface area contributed by atoms with E-state index in [9.17, 15) is 0 Å². The van der Waals surface area contributed by atoms with Crippen molar-refractivity contribution >= 4 is 16.5 Å². The molecule has 1 aromatic rings. The fourth-order valence-corrected chi connectivity index (χ4v) is 2.04. The smallest absolute Gasteiger partial charge is 0.0546 e. The van der Waals surface area contributed by atoms with Crippen molar-refractivity contribution in [3.05, 3.63) is 48.1 Å². The van der Waals surface area contributed by atoms with Crippen LogP contribution in [-0.4, -0.2) is 4.98 Å². The molecule has 0 bridgehead atoms. The predicted molar refractivity (Wildman–Crippen MR) is 65.2 cm³/mol. The number of anilines is 1. The van der Waals surface area contributed by atoms with Gasteiger partial charge in [-0.3, -0.25) is 0 Å². The van der Waals surface area contributed by atoms with Crippen molar-refractivity contribution in [1.82, 2.24) is 4.98 Å². The van der Waals surface area contributed by atoms with Crippen molar-refractivity contribution < 1.29 is 0 Å². The molecule has 0 unspecified atom stereocenters. The first-order valence-electron chi connectivity index (χ1n) is 5.09. The fourth-order valence-electron chi connectivity index (χ4n) is 2.04. The molecule has 1 aromatic heterocycles. The van der Waals surface area contributed by atoms with E-state index in [4.69, 9.17) is 11.1 Å². The number of nitrogens with one attached hydrogen (secondary N) is 2. The Bertz CT molecular complexity index is 697. The van der Waals surface area contributed by atoms with E-state index in [1.807, 2.05) is 36.7 Å². The van der Waals surface area contributed by atoms with E-state index >= 15 is 0 Å². The second kappa shape index (κ2) is 3.10. The van der Waals surface area contributed by atoms with Gasteiger partial charge in [0.2, 0.25) is 0 Å². The summed E-state index contributed by atoms with van der Waals surface area (Å²) in [6, 6.07) is 9.42. The van der Waals surface area contributed by atoms with Gasteiger partial charge in [0.1, 0.15) is 0 Å². The number of aromatic nitrogens is 1. The van der Waals surface area contributed by atoms with Gasteiger partial charge in [0.05, 0.1) is 5.36 Å². The number of nitrogen functional groups attached to an aromatic ring is 1. The number of nitrogens with two attached hydrogens (primary N) is 1. The van der Waals surface area contributed by atoms with E-state index < -0.39 is 0 Å². The maximum atomic E-state index is 7.77. The molecule has 0 spiro atoms. The maximum absolute atomic E-state index is 7.77. The largest absolute Gasteiger partial charge is 0.399 e. The molecule has 2 aliphatic carbocycles. The summed E-state index contributed by atoms with van der Waals surface area (Å²) in [7, 11) is 0. The zero-order valence-corrected chi connectivity index (χ0v) is 8.62. The minimum atomic E-state index is 0.485. The average molecular weight is 209 g/mol. The van der Waals surface area contributed by atoms with Gasteiger partial charge in [0.15, 0.2) is 0 Å². The van der Waals surface area contributed by atoms with Crippen LogP contribution in [0.5, 0.6) is 0 Å². The number of fused-ring (bicyclic) bond motifs is 3. The van der Waals surface area contributed by atoms with Gasteiger partial charge < -0.3 is 16.1 Å². The third-order valence-corrected chi connectivity index (χ3v) is 2.77. The van der Waals surface area contributed by atoms with E-state index in [2.05, 4.69) is 4.98 Å². The van der Waals surface area contributed by atoms with Crippen molar-refractivity contribution in [1.29, 1.82) is 5.41 Å². The molecule has 3 nitrogen and oxygen atoms in total. The van der Waals surface area contributed by atoms with Gasteiger partial charge >= 0.3 is 0 Å². The Morgan fingerprint density at radius 1 is 1.06 bits per heavy atom. The third kappa shape index (κ3) is 1.26. The Morgan fingerprint density at radius 3 is 2.81 bits per heavy atom. The van der Waals surface area contributed by atoms with Crippen molar-refractivity contribution in [2.45, 2.75) is 0 Å². The van der Waals surface area contributed by atoms with Crippen molar-refractivity contribution in [3.63, 3.8) is 0 Å². The van der Waals surface area contributed by atoms with Gasteiger partial charge in [-0.25, -0.2) is 0 Å². The summed E-state index contributed by atoms with van der Waals surface area (Å²) in [6.45, 7) is 0. The SMILES string of the molecule is N=c1ccc2c[nH]cc2c2cc(N)cc-2c1. The standard InChI is InChI=1S/C13H11N3/c14-10-2-1-8-6-16-7-13(8)12-5-11(15)4-9(12)3-10/h1-7,14,16H,15H2. The highest BCUT2D eigenvalue weighted by Crippen LogP contribution is 2.31. The zero-order valence-electron chi connectivity index (χ0n) is 8.62. The highest BCUT2D eigenvalue weighted by Gasteiger charge is 2.07. The first kappa shape index (κ1) is 8.97. The van der Waals surface area contributed by atoms with Crippen LogP contribution >= 0.6 is 0 Å². The molecule has 2 aliphatic rings. The molecule has 3 heteroatoms. The van der Waals surface area contributed by atoms with E-state index in [0.717, 1.165) is 27.6 Å². The zero-order chi connectivity index (χ0) is 11.1. The normalized spacial score (nSPS) is 11.0. The molecule has 3 rings (SSSR count). The lowest BCUT2D eigenvalue weighted by Gasteiger charge is -1.96. The fraction of sp³-hybridized carbons (Fsp3) is 0. The van der Waals surface area contributed by atoms with Crippen LogP contribution in [0.4, 0.5) is 5.69 Å². The lowest BCUT2D eigenvalue weighted by molar-refractivity contribution is 1.29. The Hall–Kier alpha value is -2.29. The van der Waals surface area contributed by atoms with Gasteiger partial charge in [-0.2, -0.15) is 0 Å². The van der Waals surface area contributed by atoms with E-state index in [1.54, 1.807) is 6.07 Å². The molecular weight excluding hydrogens is 198 g/mol. The van der Waals surface area contributed by atoms with Gasteiger partial charge in [0, 0.05) is 23.5 Å². The summed E-state index contributed by atoms with van der Waals surface area (Å²) in [5.74, 6) is 0. The summed E-state index contributed by atoms with van der Waals surface area (Å²) in [5.41, 5.74) is 8.64. The molecule has 16 heavy (non-hydrogen) atoms. The first-order valence-corrected chi connectivity index (χ1v) is 5.09.